The van der Waals surface area contributed by atoms with Crippen molar-refractivity contribution in [2.75, 3.05) is 12.1 Å². The molecule has 0 saturated heterocycles. The van der Waals surface area contributed by atoms with Gasteiger partial charge < -0.3 is 0 Å². The molecule has 2 aromatic rings. The molecule has 0 atom stereocenters. The van der Waals surface area contributed by atoms with E-state index in [1.807, 2.05) is 30.3 Å². The molecule has 0 aliphatic rings. The van der Waals surface area contributed by atoms with Crippen LogP contribution in [0, 0.1) is 10.1 Å². The third-order valence-corrected chi connectivity index (χ3v) is 2.86. The summed E-state index contributed by atoms with van der Waals surface area (Å²) >= 11 is 5.96. The maximum atomic E-state index is 10.6. The number of hydrogen-bond acceptors (Lipinski definition) is 5. The van der Waals surface area contributed by atoms with Crippen LogP contribution in [0.25, 0.3) is 0 Å². The number of anilines is 1. The third kappa shape index (κ3) is 3.43. The van der Waals surface area contributed by atoms with Gasteiger partial charge in [-0.2, -0.15) is 0 Å². The minimum Gasteiger partial charge on any atom is -0.267 e. The summed E-state index contributed by atoms with van der Waals surface area (Å²) in [5.74, 6) is 0.327. The minimum atomic E-state index is -0.548. The normalized spacial score (nSPS) is 10.3. The fourth-order valence-electron chi connectivity index (χ4n) is 1.56. The Kier molecular flexibility index (Phi) is 4.49. The van der Waals surface area contributed by atoms with E-state index in [1.54, 1.807) is 7.05 Å². The Labute approximate surface area is 120 Å². The quantitative estimate of drug-likeness (QED) is 0.625. The van der Waals surface area contributed by atoms with Crippen molar-refractivity contribution in [2.45, 2.75) is 6.61 Å². The molecule has 0 bridgehead atoms. The van der Waals surface area contributed by atoms with Gasteiger partial charge in [-0.05, 0) is 5.56 Å². The number of aromatic nitrogens is 1. The second-order valence-corrected chi connectivity index (χ2v) is 4.42. The van der Waals surface area contributed by atoms with Gasteiger partial charge in [-0.1, -0.05) is 41.9 Å². The summed E-state index contributed by atoms with van der Waals surface area (Å²) in [5.41, 5.74) is 0.840. The van der Waals surface area contributed by atoms with Crippen LogP contribution in [-0.4, -0.2) is 17.0 Å². The number of halogens is 1. The van der Waals surface area contributed by atoms with Gasteiger partial charge in [0.2, 0.25) is 0 Å². The van der Waals surface area contributed by atoms with E-state index in [0.717, 1.165) is 11.8 Å². The van der Waals surface area contributed by atoms with Crippen LogP contribution < -0.4 is 5.06 Å². The first-order valence-electron chi connectivity index (χ1n) is 5.78. The summed E-state index contributed by atoms with van der Waals surface area (Å²) in [5, 5.41) is 12.2. The number of benzene rings is 1. The molecule has 0 unspecified atom stereocenters. The average Bonchev–Trinajstić information content (AvgIpc) is 2.45. The van der Waals surface area contributed by atoms with Crippen LogP contribution in [0.3, 0.4) is 0 Å². The first kappa shape index (κ1) is 14.2. The van der Waals surface area contributed by atoms with Gasteiger partial charge in [0, 0.05) is 13.1 Å². The first-order chi connectivity index (χ1) is 9.58. The largest absolute Gasteiger partial charge is 0.289 e. The number of nitro groups is 1. The van der Waals surface area contributed by atoms with Gasteiger partial charge in [0.25, 0.3) is 5.69 Å². The number of hydrogen-bond donors (Lipinski definition) is 0. The highest BCUT2D eigenvalue weighted by atomic mass is 35.5. The maximum absolute atomic E-state index is 10.6. The lowest BCUT2D eigenvalue weighted by Crippen LogP contribution is -2.19. The molecule has 0 spiro atoms. The van der Waals surface area contributed by atoms with Crippen LogP contribution in [0.5, 0.6) is 0 Å². The van der Waals surface area contributed by atoms with Crippen molar-refractivity contribution < 1.29 is 9.76 Å². The summed E-state index contributed by atoms with van der Waals surface area (Å²) < 4.78 is 0. The highest BCUT2D eigenvalue weighted by Crippen LogP contribution is 2.26. The summed E-state index contributed by atoms with van der Waals surface area (Å²) in [7, 11) is 1.64. The maximum Gasteiger partial charge on any atom is 0.289 e. The molecule has 1 heterocycles. The molecule has 0 radical (unpaired) electrons. The SMILES string of the molecule is CN(OCc1ccccc1)c1ncc([N+](=O)[O-])cc1Cl. The summed E-state index contributed by atoms with van der Waals surface area (Å²) in [4.78, 5) is 19.5. The van der Waals surface area contributed by atoms with Gasteiger partial charge in [0.05, 0.1) is 16.6 Å². The average molecular weight is 294 g/mol. The molecule has 7 heteroatoms. The van der Waals surface area contributed by atoms with E-state index < -0.39 is 4.92 Å². The molecule has 1 aromatic carbocycles. The van der Waals surface area contributed by atoms with Crippen LogP contribution >= 0.6 is 11.6 Å². The fraction of sp³-hybridized carbons (Fsp3) is 0.154. The highest BCUT2D eigenvalue weighted by molar-refractivity contribution is 6.33. The zero-order valence-corrected chi connectivity index (χ0v) is 11.4. The third-order valence-electron chi connectivity index (χ3n) is 2.58. The van der Waals surface area contributed by atoms with Gasteiger partial charge >= 0.3 is 0 Å². The first-order valence-corrected chi connectivity index (χ1v) is 6.16. The van der Waals surface area contributed by atoms with Crippen molar-refractivity contribution >= 4 is 23.1 Å². The van der Waals surface area contributed by atoms with Crippen LogP contribution in [0.2, 0.25) is 5.02 Å². The van der Waals surface area contributed by atoms with Crippen LogP contribution in [0.15, 0.2) is 42.6 Å². The van der Waals surface area contributed by atoms with Gasteiger partial charge in [0.15, 0.2) is 5.82 Å². The van der Waals surface area contributed by atoms with Crippen LogP contribution in [0.1, 0.15) is 5.56 Å². The van der Waals surface area contributed by atoms with Crippen molar-refractivity contribution in [3.63, 3.8) is 0 Å². The Morgan fingerprint density at radius 3 is 2.70 bits per heavy atom. The fourth-order valence-corrected chi connectivity index (χ4v) is 1.84. The molecule has 0 aliphatic heterocycles. The predicted molar refractivity (Wildman–Crippen MR) is 75.5 cm³/mol. The molecule has 0 saturated carbocycles. The summed E-state index contributed by atoms with van der Waals surface area (Å²) in [6.07, 6.45) is 1.14. The van der Waals surface area contributed by atoms with Crippen molar-refractivity contribution in [3.05, 3.63) is 63.3 Å². The Hall–Kier alpha value is -2.18. The van der Waals surface area contributed by atoms with Crippen molar-refractivity contribution in [1.82, 2.24) is 4.98 Å². The Morgan fingerprint density at radius 2 is 2.10 bits per heavy atom. The lowest BCUT2D eigenvalue weighted by atomic mass is 10.2. The Bertz CT molecular complexity index is 607. The second-order valence-electron chi connectivity index (χ2n) is 4.01. The second kappa shape index (κ2) is 6.31. The van der Waals surface area contributed by atoms with Crippen LogP contribution in [-0.2, 0) is 11.4 Å². The molecular formula is C13H12ClN3O3. The summed E-state index contributed by atoms with van der Waals surface area (Å²) in [6.45, 7) is 0.354. The van der Waals surface area contributed by atoms with E-state index in [9.17, 15) is 10.1 Å². The molecule has 0 amide bonds. The van der Waals surface area contributed by atoms with E-state index in [1.165, 1.54) is 11.1 Å². The van der Waals surface area contributed by atoms with E-state index in [4.69, 9.17) is 16.4 Å². The zero-order valence-electron chi connectivity index (χ0n) is 10.7. The molecular weight excluding hydrogens is 282 g/mol. The highest BCUT2D eigenvalue weighted by Gasteiger charge is 2.14. The van der Waals surface area contributed by atoms with Crippen LogP contribution in [0.4, 0.5) is 11.5 Å². The van der Waals surface area contributed by atoms with E-state index in [-0.39, 0.29) is 10.7 Å². The lowest BCUT2D eigenvalue weighted by Gasteiger charge is -2.18. The minimum absolute atomic E-state index is 0.157. The van der Waals surface area contributed by atoms with Gasteiger partial charge in [-0.3, -0.25) is 15.0 Å². The number of rotatable bonds is 5. The molecule has 1 aromatic heterocycles. The van der Waals surface area contributed by atoms with Gasteiger partial charge in [0.1, 0.15) is 6.20 Å². The monoisotopic (exact) mass is 293 g/mol. The van der Waals surface area contributed by atoms with E-state index in [0.29, 0.717) is 12.4 Å². The Morgan fingerprint density at radius 1 is 1.40 bits per heavy atom. The smallest absolute Gasteiger partial charge is 0.267 e. The molecule has 0 fully saturated rings. The summed E-state index contributed by atoms with van der Waals surface area (Å²) in [6, 6.07) is 10.8. The lowest BCUT2D eigenvalue weighted by molar-refractivity contribution is -0.385. The number of pyridine rings is 1. The van der Waals surface area contributed by atoms with Crippen molar-refractivity contribution in [1.29, 1.82) is 0 Å². The molecule has 6 nitrogen and oxygen atoms in total. The van der Waals surface area contributed by atoms with Gasteiger partial charge in [-0.25, -0.2) is 10.0 Å². The zero-order chi connectivity index (χ0) is 14.5. The molecule has 0 aliphatic carbocycles. The topological polar surface area (TPSA) is 68.5 Å². The molecule has 20 heavy (non-hydrogen) atoms. The standard InChI is InChI=1S/C13H12ClN3O3/c1-16(20-9-10-5-3-2-4-6-10)13-12(14)7-11(8-15-13)17(18)19/h2-8H,9H2,1H3. The molecule has 0 N–H and O–H groups in total. The Balaban J connectivity index is 2.06. The van der Waals surface area contributed by atoms with Crippen molar-refractivity contribution in [2.24, 2.45) is 0 Å². The molecule has 104 valence electrons. The van der Waals surface area contributed by atoms with E-state index in [2.05, 4.69) is 4.98 Å². The predicted octanol–water partition coefficient (Wildman–Crippen LogP) is 3.21. The molecule has 2 rings (SSSR count). The van der Waals surface area contributed by atoms with Crippen molar-refractivity contribution in [3.8, 4) is 0 Å². The van der Waals surface area contributed by atoms with Gasteiger partial charge in [-0.15, -0.1) is 0 Å². The van der Waals surface area contributed by atoms with E-state index >= 15 is 0 Å². The number of nitrogens with zero attached hydrogens (tertiary/aromatic N) is 3. The number of hydroxylamine groups is 1.